The van der Waals surface area contributed by atoms with Crippen molar-refractivity contribution in [2.24, 2.45) is 0 Å². The van der Waals surface area contributed by atoms with Crippen molar-refractivity contribution in [2.45, 2.75) is 49.5 Å². The SMILES string of the molecule is CCS(=O)(=O)c1ccc(C(=O)NC2(CC(=O)O)CCCC2)cc1. The number of carboxylic acid groups (broad SMARTS) is 1. The normalized spacial score (nSPS) is 16.9. The molecule has 0 aliphatic heterocycles. The van der Waals surface area contributed by atoms with Gasteiger partial charge in [-0.1, -0.05) is 19.8 Å². The lowest BCUT2D eigenvalue weighted by Crippen LogP contribution is -2.47. The lowest BCUT2D eigenvalue weighted by atomic mass is 9.92. The molecule has 0 aromatic heterocycles. The molecule has 2 N–H and O–H groups in total. The molecule has 1 aromatic carbocycles. The standard InChI is InChI=1S/C16H21NO5S/c1-2-23(21,22)13-7-5-12(6-8-13)15(20)17-16(11-14(18)19)9-3-4-10-16/h5-8H,2-4,9-11H2,1H3,(H,17,20)(H,18,19). The molecule has 0 spiro atoms. The van der Waals surface area contributed by atoms with Crippen molar-refractivity contribution in [1.82, 2.24) is 5.32 Å². The monoisotopic (exact) mass is 339 g/mol. The van der Waals surface area contributed by atoms with Crippen LogP contribution in [0.15, 0.2) is 29.2 Å². The Morgan fingerprint density at radius 3 is 2.22 bits per heavy atom. The summed E-state index contributed by atoms with van der Waals surface area (Å²) in [5, 5.41) is 11.9. The number of carboxylic acids is 1. The third-order valence-corrected chi connectivity index (χ3v) is 6.04. The Morgan fingerprint density at radius 2 is 1.74 bits per heavy atom. The Morgan fingerprint density at radius 1 is 1.17 bits per heavy atom. The van der Waals surface area contributed by atoms with E-state index in [2.05, 4.69) is 5.32 Å². The van der Waals surface area contributed by atoms with Crippen molar-refractivity contribution in [3.63, 3.8) is 0 Å². The van der Waals surface area contributed by atoms with Gasteiger partial charge in [0.15, 0.2) is 9.84 Å². The van der Waals surface area contributed by atoms with Crippen LogP contribution < -0.4 is 5.32 Å². The van der Waals surface area contributed by atoms with Crippen LogP contribution >= 0.6 is 0 Å². The van der Waals surface area contributed by atoms with E-state index in [1.807, 2.05) is 0 Å². The molecule has 0 radical (unpaired) electrons. The van der Waals surface area contributed by atoms with Gasteiger partial charge in [0.2, 0.25) is 0 Å². The largest absolute Gasteiger partial charge is 0.481 e. The second kappa shape index (κ2) is 6.70. The van der Waals surface area contributed by atoms with Gasteiger partial charge in [-0.15, -0.1) is 0 Å². The summed E-state index contributed by atoms with van der Waals surface area (Å²) in [5.41, 5.74) is -0.367. The van der Waals surface area contributed by atoms with Crippen LogP contribution in [0.2, 0.25) is 0 Å². The molecule has 23 heavy (non-hydrogen) atoms. The number of rotatable bonds is 6. The van der Waals surface area contributed by atoms with Crippen LogP contribution in [-0.4, -0.2) is 36.7 Å². The molecule has 0 saturated heterocycles. The molecule has 6 nitrogen and oxygen atoms in total. The maximum absolute atomic E-state index is 12.4. The van der Waals surface area contributed by atoms with Crippen LogP contribution in [0.4, 0.5) is 0 Å². The first-order valence-corrected chi connectivity index (χ1v) is 9.30. The lowest BCUT2D eigenvalue weighted by molar-refractivity contribution is -0.138. The van der Waals surface area contributed by atoms with Crippen LogP contribution in [0, 0.1) is 0 Å². The third-order valence-electron chi connectivity index (χ3n) is 4.28. The Balaban J connectivity index is 2.15. The molecule has 1 aromatic rings. The number of benzene rings is 1. The van der Waals surface area contributed by atoms with Crippen LogP contribution in [0.5, 0.6) is 0 Å². The van der Waals surface area contributed by atoms with E-state index < -0.39 is 21.3 Å². The predicted molar refractivity (Wildman–Crippen MR) is 85.1 cm³/mol. The van der Waals surface area contributed by atoms with Crippen molar-refractivity contribution in [2.75, 3.05) is 5.75 Å². The van der Waals surface area contributed by atoms with Gasteiger partial charge < -0.3 is 10.4 Å². The van der Waals surface area contributed by atoms with Crippen LogP contribution in [0.3, 0.4) is 0 Å². The van der Waals surface area contributed by atoms with Crippen LogP contribution in [0.25, 0.3) is 0 Å². The Hall–Kier alpha value is -1.89. The van der Waals surface area contributed by atoms with Gasteiger partial charge in [0.25, 0.3) is 5.91 Å². The summed E-state index contributed by atoms with van der Waals surface area (Å²) in [4.78, 5) is 23.6. The minimum absolute atomic E-state index is 0.000264. The maximum Gasteiger partial charge on any atom is 0.305 e. The molecule has 1 amide bonds. The molecular weight excluding hydrogens is 318 g/mol. The number of hydrogen-bond donors (Lipinski definition) is 2. The van der Waals surface area contributed by atoms with Crippen molar-refractivity contribution < 1.29 is 23.1 Å². The number of sulfone groups is 1. The number of nitrogens with one attached hydrogen (secondary N) is 1. The van der Waals surface area contributed by atoms with Crippen molar-refractivity contribution in [3.8, 4) is 0 Å². The highest BCUT2D eigenvalue weighted by molar-refractivity contribution is 7.91. The molecule has 0 atom stereocenters. The summed E-state index contributed by atoms with van der Waals surface area (Å²) >= 11 is 0. The first kappa shape index (κ1) is 17.5. The maximum atomic E-state index is 12.4. The summed E-state index contributed by atoms with van der Waals surface area (Å²) in [5.74, 6) is -1.30. The molecule has 1 aliphatic rings. The molecule has 0 unspecified atom stereocenters. The highest BCUT2D eigenvalue weighted by Crippen LogP contribution is 2.33. The van der Waals surface area contributed by atoms with Gasteiger partial charge in [-0.2, -0.15) is 0 Å². The van der Waals surface area contributed by atoms with E-state index in [9.17, 15) is 18.0 Å². The zero-order chi connectivity index (χ0) is 17.1. The van der Waals surface area contributed by atoms with Gasteiger partial charge in [-0.3, -0.25) is 9.59 Å². The Kier molecular flexibility index (Phi) is 5.09. The first-order chi connectivity index (χ1) is 10.8. The molecule has 7 heteroatoms. The van der Waals surface area contributed by atoms with Crippen LogP contribution in [-0.2, 0) is 14.6 Å². The average molecular weight is 339 g/mol. The van der Waals surface area contributed by atoms with Gasteiger partial charge in [0.05, 0.1) is 22.6 Å². The molecule has 1 aliphatic carbocycles. The summed E-state index contributed by atoms with van der Waals surface area (Å²) in [6.07, 6.45) is 2.98. The van der Waals surface area contributed by atoms with Gasteiger partial charge in [0.1, 0.15) is 0 Å². The van der Waals surface area contributed by atoms with Gasteiger partial charge in [0, 0.05) is 5.56 Å². The topological polar surface area (TPSA) is 101 Å². The highest BCUT2D eigenvalue weighted by Gasteiger charge is 2.37. The minimum atomic E-state index is -3.30. The van der Waals surface area contributed by atoms with Crippen molar-refractivity contribution in [1.29, 1.82) is 0 Å². The molecule has 126 valence electrons. The van der Waals surface area contributed by atoms with E-state index in [-0.39, 0.29) is 23.0 Å². The van der Waals surface area contributed by atoms with E-state index in [0.717, 1.165) is 12.8 Å². The van der Waals surface area contributed by atoms with E-state index in [0.29, 0.717) is 18.4 Å². The van der Waals surface area contributed by atoms with Crippen molar-refractivity contribution >= 4 is 21.7 Å². The van der Waals surface area contributed by atoms with Gasteiger partial charge in [-0.05, 0) is 37.1 Å². The van der Waals surface area contributed by atoms with Gasteiger partial charge in [-0.25, -0.2) is 8.42 Å². The van der Waals surface area contributed by atoms with E-state index in [1.54, 1.807) is 6.92 Å². The van der Waals surface area contributed by atoms with E-state index in [4.69, 9.17) is 5.11 Å². The van der Waals surface area contributed by atoms with Gasteiger partial charge >= 0.3 is 5.97 Å². The summed E-state index contributed by atoms with van der Waals surface area (Å²) in [7, 11) is -3.30. The average Bonchev–Trinajstić information content (AvgIpc) is 2.94. The van der Waals surface area contributed by atoms with E-state index in [1.165, 1.54) is 24.3 Å². The number of amides is 1. The summed E-state index contributed by atoms with van der Waals surface area (Å²) in [6, 6.07) is 5.74. The fourth-order valence-electron chi connectivity index (χ4n) is 2.98. The fraction of sp³-hybridized carbons (Fsp3) is 0.500. The second-order valence-electron chi connectivity index (χ2n) is 5.94. The zero-order valence-corrected chi connectivity index (χ0v) is 13.9. The molecule has 0 heterocycles. The molecule has 2 rings (SSSR count). The molecule has 0 bridgehead atoms. The second-order valence-corrected chi connectivity index (χ2v) is 8.22. The number of hydrogen-bond acceptors (Lipinski definition) is 4. The first-order valence-electron chi connectivity index (χ1n) is 7.65. The molecule has 1 saturated carbocycles. The Labute approximate surface area is 135 Å². The van der Waals surface area contributed by atoms with Crippen molar-refractivity contribution in [3.05, 3.63) is 29.8 Å². The smallest absolute Gasteiger partial charge is 0.305 e. The molecular formula is C16H21NO5S. The highest BCUT2D eigenvalue weighted by atomic mass is 32.2. The Bertz CT molecular complexity index is 688. The number of aliphatic carboxylic acids is 1. The quantitative estimate of drug-likeness (QED) is 0.825. The summed E-state index contributed by atoms with van der Waals surface area (Å²) in [6.45, 7) is 1.56. The lowest BCUT2D eigenvalue weighted by Gasteiger charge is -2.28. The van der Waals surface area contributed by atoms with Crippen LogP contribution in [0.1, 0.15) is 49.4 Å². The third kappa shape index (κ3) is 4.10. The minimum Gasteiger partial charge on any atom is -0.481 e. The number of carbonyl (C=O) groups is 2. The zero-order valence-electron chi connectivity index (χ0n) is 13.0. The molecule has 1 fully saturated rings. The predicted octanol–water partition coefficient (Wildman–Crippen LogP) is 2.00. The fourth-order valence-corrected chi connectivity index (χ4v) is 3.86. The summed E-state index contributed by atoms with van der Waals surface area (Å²) < 4.78 is 23.5. The number of carbonyl (C=O) groups excluding carboxylic acids is 1. The van der Waals surface area contributed by atoms with E-state index >= 15 is 0 Å².